The Hall–Kier alpha value is -3.08. The Balaban J connectivity index is 1.65. The molecule has 4 rings (SSSR count). The molecule has 33 heavy (non-hydrogen) atoms. The molecule has 2 heterocycles. The fraction of sp³-hybridized carbons (Fsp3) is 0.429. The number of esters is 1. The molecule has 0 aliphatic carbocycles. The van der Waals surface area contributed by atoms with Crippen LogP contribution in [0, 0.1) is 12.8 Å². The molecule has 1 amide bonds. The number of likely N-dealkylation sites (tertiary alicyclic amines) is 1. The van der Waals surface area contributed by atoms with Gasteiger partial charge in [-0.3, -0.25) is 9.59 Å². The van der Waals surface area contributed by atoms with Crippen LogP contribution in [0.2, 0.25) is 0 Å². The highest BCUT2D eigenvalue weighted by atomic mass is 16.5. The molecule has 0 radical (unpaired) electrons. The zero-order valence-corrected chi connectivity index (χ0v) is 19.9. The number of carbonyl (C=O) groups excluding carboxylic acids is 2. The Kier molecular flexibility index (Phi) is 7.17. The first kappa shape index (κ1) is 23.1. The predicted molar refractivity (Wildman–Crippen MR) is 131 cm³/mol. The number of hydrogen-bond acceptors (Lipinski definition) is 3. The van der Waals surface area contributed by atoms with Gasteiger partial charge >= 0.3 is 5.97 Å². The lowest BCUT2D eigenvalue weighted by Gasteiger charge is -2.32. The number of aryl methyl sites for hydroxylation is 2. The highest BCUT2D eigenvalue weighted by Gasteiger charge is 2.31. The number of rotatable bonds is 7. The van der Waals surface area contributed by atoms with Crippen molar-refractivity contribution in [3.8, 4) is 0 Å². The third-order valence-electron chi connectivity index (χ3n) is 6.79. The Morgan fingerprint density at radius 3 is 2.58 bits per heavy atom. The molecule has 2 atom stereocenters. The van der Waals surface area contributed by atoms with Crippen LogP contribution in [0.5, 0.6) is 0 Å². The van der Waals surface area contributed by atoms with E-state index in [0.717, 1.165) is 24.9 Å². The van der Waals surface area contributed by atoms with Gasteiger partial charge in [0.05, 0.1) is 12.5 Å². The number of piperidine rings is 1. The van der Waals surface area contributed by atoms with Gasteiger partial charge in [0.15, 0.2) is 0 Å². The molecule has 2 aromatic carbocycles. The Morgan fingerprint density at radius 1 is 1.09 bits per heavy atom. The van der Waals surface area contributed by atoms with E-state index in [1.165, 1.54) is 22.0 Å². The van der Waals surface area contributed by atoms with Gasteiger partial charge in [-0.1, -0.05) is 48.0 Å². The Morgan fingerprint density at radius 2 is 1.85 bits per heavy atom. The Labute approximate surface area is 196 Å². The summed E-state index contributed by atoms with van der Waals surface area (Å²) >= 11 is 0. The summed E-state index contributed by atoms with van der Waals surface area (Å²) in [4.78, 5) is 27.7. The van der Waals surface area contributed by atoms with Gasteiger partial charge in [-0.15, -0.1) is 0 Å². The molecule has 174 valence electrons. The summed E-state index contributed by atoms with van der Waals surface area (Å²) in [6, 6.07) is 16.9. The molecule has 0 spiro atoms. The normalized spacial score (nSPS) is 17.2. The Bertz CT molecular complexity index is 1120. The van der Waals surface area contributed by atoms with E-state index in [4.69, 9.17) is 4.74 Å². The van der Waals surface area contributed by atoms with E-state index >= 15 is 0 Å². The molecule has 1 aliphatic heterocycles. The van der Waals surface area contributed by atoms with Gasteiger partial charge in [-0.2, -0.15) is 0 Å². The number of nitrogens with zero attached hydrogens (tertiary/aromatic N) is 2. The molecule has 3 aromatic rings. The minimum absolute atomic E-state index is 0.0428. The van der Waals surface area contributed by atoms with Crippen molar-refractivity contribution in [2.75, 3.05) is 19.7 Å². The monoisotopic (exact) mass is 446 g/mol. The van der Waals surface area contributed by atoms with E-state index in [1.807, 2.05) is 11.8 Å². The molecule has 1 fully saturated rings. The van der Waals surface area contributed by atoms with Crippen molar-refractivity contribution in [3.05, 3.63) is 71.4 Å². The second kappa shape index (κ2) is 10.2. The van der Waals surface area contributed by atoms with Gasteiger partial charge in [-0.25, -0.2) is 0 Å². The van der Waals surface area contributed by atoms with Crippen molar-refractivity contribution in [2.24, 2.45) is 5.92 Å². The second-order valence-electron chi connectivity index (χ2n) is 8.99. The predicted octanol–water partition coefficient (Wildman–Crippen LogP) is 5.29. The highest BCUT2D eigenvalue weighted by Crippen LogP contribution is 2.36. The molecule has 1 aromatic heterocycles. The van der Waals surface area contributed by atoms with Crippen LogP contribution in [0.1, 0.15) is 55.7 Å². The summed E-state index contributed by atoms with van der Waals surface area (Å²) in [7, 11) is 0. The maximum absolute atomic E-state index is 13.5. The topological polar surface area (TPSA) is 51.5 Å². The summed E-state index contributed by atoms with van der Waals surface area (Å²) in [5, 5.41) is 1.20. The zero-order valence-electron chi connectivity index (χ0n) is 19.9. The number of fused-ring (bicyclic) bond motifs is 1. The molecule has 5 nitrogen and oxygen atoms in total. The standard InChI is InChI=1S/C28H34N2O3/c1-4-29-19-25(23-10-6-7-11-26(23)29)24(21-14-12-20(3)13-15-21)17-27(31)30-16-8-9-22(18-30)28(32)33-5-2/h6-7,10-15,19,22,24H,4-5,8-9,16-18H2,1-3H3/t22-,24-/m1/s1. The smallest absolute Gasteiger partial charge is 0.310 e. The summed E-state index contributed by atoms with van der Waals surface area (Å²) in [6.45, 7) is 8.45. The largest absolute Gasteiger partial charge is 0.466 e. The SMILES string of the molecule is CCOC(=O)[C@@H]1CCCN(C(=O)C[C@H](c2ccc(C)cc2)c2cn(CC)c3ccccc23)C1. The summed E-state index contributed by atoms with van der Waals surface area (Å²) in [5.74, 6) is -0.347. The fourth-order valence-corrected chi connectivity index (χ4v) is 4.98. The molecule has 5 heteroatoms. The van der Waals surface area contributed by atoms with Crippen molar-refractivity contribution in [1.29, 1.82) is 0 Å². The van der Waals surface area contributed by atoms with Gasteiger partial charge in [0.1, 0.15) is 0 Å². The molecule has 0 bridgehead atoms. The van der Waals surface area contributed by atoms with Crippen molar-refractivity contribution in [3.63, 3.8) is 0 Å². The van der Waals surface area contributed by atoms with Gasteiger partial charge in [-0.05, 0) is 50.8 Å². The van der Waals surface area contributed by atoms with E-state index in [2.05, 4.69) is 73.1 Å². The minimum Gasteiger partial charge on any atom is -0.466 e. The molecule has 1 saturated heterocycles. The third-order valence-corrected chi connectivity index (χ3v) is 6.79. The number of para-hydroxylation sites is 1. The summed E-state index contributed by atoms with van der Waals surface area (Å²) < 4.78 is 7.48. The van der Waals surface area contributed by atoms with E-state index in [1.54, 1.807) is 0 Å². The van der Waals surface area contributed by atoms with Crippen LogP contribution in [0.3, 0.4) is 0 Å². The number of carbonyl (C=O) groups is 2. The summed E-state index contributed by atoms with van der Waals surface area (Å²) in [6.07, 6.45) is 4.21. The first-order valence-corrected chi connectivity index (χ1v) is 12.1. The third kappa shape index (κ3) is 4.97. The maximum Gasteiger partial charge on any atom is 0.310 e. The highest BCUT2D eigenvalue weighted by molar-refractivity contribution is 5.87. The van der Waals surface area contributed by atoms with Gasteiger partial charge < -0.3 is 14.2 Å². The molecule has 0 N–H and O–H groups in total. The van der Waals surface area contributed by atoms with Crippen LogP contribution in [-0.4, -0.2) is 41.0 Å². The van der Waals surface area contributed by atoms with Gasteiger partial charge in [0, 0.05) is 49.1 Å². The average molecular weight is 447 g/mol. The minimum atomic E-state index is -0.220. The number of aromatic nitrogens is 1. The lowest BCUT2D eigenvalue weighted by molar-refractivity contribution is -0.151. The lowest BCUT2D eigenvalue weighted by Crippen LogP contribution is -2.43. The number of amides is 1. The van der Waals surface area contributed by atoms with Crippen LogP contribution in [-0.2, 0) is 20.9 Å². The molecular formula is C28H34N2O3. The fourth-order valence-electron chi connectivity index (χ4n) is 4.98. The second-order valence-corrected chi connectivity index (χ2v) is 8.99. The molecule has 0 unspecified atom stereocenters. The molecular weight excluding hydrogens is 412 g/mol. The lowest BCUT2D eigenvalue weighted by atomic mass is 9.87. The van der Waals surface area contributed by atoms with Crippen molar-refractivity contribution >= 4 is 22.8 Å². The average Bonchev–Trinajstić information content (AvgIpc) is 3.22. The van der Waals surface area contributed by atoms with E-state index in [9.17, 15) is 9.59 Å². The van der Waals surface area contributed by atoms with E-state index in [0.29, 0.717) is 26.1 Å². The number of hydrogen-bond donors (Lipinski definition) is 0. The van der Waals surface area contributed by atoms with Crippen molar-refractivity contribution in [2.45, 2.75) is 52.5 Å². The van der Waals surface area contributed by atoms with Crippen LogP contribution in [0.4, 0.5) is 0 Å². The van der Waals surface area contributed by atoms with Gasteiger partial charge in [0.2, 0.25) is 5.91 Å². The zero-order chi connectivity index (χ0) is 23.4. The van der Waals surface area contributed by atoms with Crippen LogP contribution in [0.15, 0.2) is 54.7 Å². The maximum atomic E-state index is 13.5. The first-order valence-electron chi connectivity index (χ1n) is 12.1. The van der Waals surface area contributed by atoms with Crippen LogP contribution in [0.25, 0.3) is 10.9 Å². The van der Waals surface area contributed by atoms with E-state index < -0.39 is 0 Å². The first-order chi connectivity index (χ1) is 16.0. The number of benzene rings is 2. The summed E-state index contributed by atoms with van der Waals surface area (Å²) in [5.41, 5.74) is 4.73. The molecule has 0 saturated carbocycles. The van der Waals surface area contributed by atoms with Gasteiger partial charge in [0.25, 0.3) is 0 Å². The van der Waals surface area contributed by atoms with Crippen molar-refractivity contribution in [1.82, 2.24) is 9.47 Å². The van der Waals surface area contributed by atoms with Crippen LogP contribution >= 0.6 is 0 Å². The van der Waals surface area contributed by atoms with Crippen molar-refractivity contribution < 1.29 is 14.3 Å². The van der Waals surface area contributed by atoms with Crippen LogP contribution < -0.4 is 0 Å². The van der Waals surface area contributed by atoms with E-state index in [-0.39, 0.29) is 23.7 Å². The molecule has 1 aliphatic rings. The quantitative estimate of drug-likeness (QED) is 0.463. The number of ether oxygens (including phenoxy) is 1.